The van der Waals surface area contributed by atoms with Gasteiger partial charge in [0.05, 0.1) is 6.57 Å². The zero-order valence-electron chi connectivity index (χ0n) is 7.20. The summed E-state index contributed by atoms with van der Waals surface area (Å²) >= 11 is 0. The van der Waals surface area contributed by atoms with Crippen LogP contribution in [0.5, 0.6) is 5.75 Å². The lowest BCUT2D eigenvalue weighted by Crippen LogP contribution is -1.86. The maximum Gasteiger partial charge on any atom is 0.228 e. The van der Waals surface area contributed by atoms with Crippen LogP contribution in [0.3, 0.4) is 0 Å². The molecule has 0 spiro atoms. The van der Waals surface area contributed by atoms with Crippen molar-refractivity contribution in [1.29, 1.82) is 0 Å². The number of para-hydroxylation sites is 1. The average molecular weight is 161 g/mol. The van der Waals surface area contributed by atoms with E-state index in [1.54, 1.807) is 12.1 Å². The van der Waals surface area contributed by atoms with E-state index in [-0.39, 0.29) is 11.7 Å². The van der Waals surface area contributed by atoms with Crippen LogP contribution in [0, 0.1) is 6.57 Å². The highest BCUT2D eigenvalue weighted by Gasteiger charge is 2.08. The Bertz CT molecular complexity index is 323. The van der Waals surface area contributed by atoms with Crippen molar-refractivity contribution < 1.29 is 5.11 Å². The average Bonchev–Trinajstić information content (AvgIpc) is 2.04. The van der Waals surface area contributed by atoms with Crippen molar-refractivity contribution in [3.05, 3.63) is 35.2 Å². The molecule has 0 radical (unpaired) electrons. The second-order valence-electron chi connectivity index (χ2n) is 2.98. The van der Waals surface area contributed by atoms with Crippen molar-refractivity contribution in [1.82, 2.24) is 0 Å². The zero-order valence-corrected chi connectivity index (χ0v) is 7.20. The quantitative estimate of drug-likeness (QED) is 0.629. The number of hydrogen-bond acceptors (Lipinski definition) is 1. The molecule has 2 nitrogen and oxygen atoms in total. The first kappa shape index (κ1) is 8.61. The van der Waals surface area contributed by atoms with E-state index in [2.05, 4.69) is 4.85 Å². The van der Waals surface area contributed by atoms with E-state index in [0.29, 0.717) is 5.69 Å². The molecule has 0 unspecified atom stereocenters. The molecule has 0 amide bonds. The van der Waals surface area contributed by atoms with Crippen molar-refractivity contribution in [3.8, 4) is 5.75 Å². The third-order valence-electron chi connectivity index (χ3n) is 1.79. The van der Waals surface area contributed by atoms with Gasteiger partial charge in [0.15, 0.2) is 0 Å². The summed E-state index contributed by atoms with van der Waals surface area (Å²) in [5.41, 5.74) is 1.17. The molecule has 0 saturated heterocycles. The first-order valence-corrected chi connectivity index (χ1v) is 3.86. The van der Waals surface area contributed by atoms with Crippen molar-refractivity contribution in [3.63, 3.8) is 0 Å². The van der Waals surface area contributed by atoms with E-state index in [1.807, 2.05) is 19.9 Å². The van der Waals surface area contributed by atoms with Crippen molar-refractivity contribution in [2.45, 2.75) is 19.8 Å². The molecule has 0 fully saturated rings. The summed E-state index contributed by atoms with van der Waals surface area (Å²) < 4.78 is 0. The van der Waals surface area contributed by atoms with E-state index in [9.17, 15) is 5.11 Å². The molecule has 0 aliphatic carbocycles. The van der Waals surface area contributed by atoms with Gasteiger partial charge in [-0.1, -0.05) is 32.0 Å². The summed E-state index contributed by atoms with van der Waals surface area (Å²) in [5, 5.41) is 9.55. The van der Waals surface area contributed by atoms with Gasteiger partial charge in [-0.3, -0.25) is 0 Å². The maximum absolute atomic E-state index is 9.55. The third kappa shape index (κ3) is 1.40. The van der Waals surface area contributed by atoms with Gasteiger partial charge >= 0.3 is 0 Å². The molecular weight excluding hydrogens is 150 g/mol. The van der Waals surface area contributed by atoms with Crippen molar-refractivity contribution in [2.75, 3.05) is 0 Å². The van der Waals surface area contributed by atoms with E-state index < -0.39 is 0 Å². The number of aromatic hydroxyl groups is 1. The molecular formula is C10H11NO. The standard InChI is InChI=1S/C10H11NO/c1-7(2)8-5-4-6-9(11-3)10(8)12/h4-7,12H,1-2H3. The van der Waals surface area contributed by atoms with Gasteiger partial charge in [0, 0.05) is 0 Å². The van der Waals surface area contributed by atoms with Crippen LogP contribution in [-0.2, 0) is 0 Å². The van der Waals surface area contributed by atoms with E-state index in [4.69, 9.17) is 6.57 Å². The number of benzene rings is 1. The van der Waals surface area contributed by atoms with Gasteiger partial charge in [0.2, 0.25) is 5.69 Å². The Morgan fingerprint density at radius 2 is 2.08 bits per heavy atom. The Morgan fingerprint density at radius 1 is 1.42 bits per heavy atom. The van der Waals surface area contributed by atoms with Crippen molar-refractivity contribution >= 4 is 5.69 Å². The highest BCUT2D eigenvalue weighted by molar-refractivity contribution is 5.60. The van der Waals surface area contributed by atoms with Gasteiger partial charge in [-0.25, -0.2) is 4.85 Å². The summed E-state index contributed by atoms with van der Waals surface area (Å²) in [6.07, 6.45) is 0. The number of rotatable bonds is 1. The Labute approximate surface area is 72.3 Å². The molecule has 62 valence electrons. The van der Waals surface area contributed by atoms with E-state index in [0.717, 1.165) is 5.56 Å². The molecule has 0 aliphatic rings. The fourth-order valence-corrected chi connectivity index (χ4v) is 1.10. The summed E-state index contributed by atoms with van der Waals surface area (Å²) in [5.74, 6) is 0.384. The molecule has 0 heterocycles. The molecule has 1 aromatic rings. The topological polar surface area (TPSA) is 24.6 Å². The molecule has 0 bridgehead atoms. The fourth-order valence-electron chi connectivity index (χ4n) is 1.10. The number of nitrogens with zero attached hydrogens (tertiary/aromatic N) is 1. The molecule has 2 heteroatoms. The molecule has 1 aromatic carbocycles. The van der Waals surface area contributed by atoms with Crippen LogP contribution >= 0.6 is 0 Å². The molecule has 0 saturated carbocycles. The lowest BCUT2D eigenvalue weighted by molar-refractivity contribution is 0.468. The number of hydrogen-bond donors (Lipinski definition) is 1. The number of phenolic OH excluding ortho intramolecular Hbond substituents is 1. The van der Waals surface area contributed by atoms with Gasteiger partial charge < -0.3 is 5.11 Å². The summed E-state index contributed by atoms with van der Waals surface area (Å²) in [6.45, 7) is 10.8. The summed E-state index contributed by atoms with van der Waals surface area (Å²) in [7, 11) is 0. The smallest absolute Gasteiger partial charge is 0.228 e. The first-order valence-electron chi connectivity index (χ1n) is 3.86. The Hall–Kier alpha value is -1.49. The highest BCUT2D eigenvalue weighted by atomic mass is 16.3. The molecule has 1 rings (SSSR count). The zero-order chi connectivity index (χ0) is 9.14. The number of phenols is 1. The van der Waals surface area contributed by atoms with Crippen LogP contribution in [0.4, 0.5) is 5.69 Å². The van der Waals surface area contributed by atoms with Crippen LogP contribution < -0.4 is 0 Å². The molecule has 0 aliphatic heterocycles. The van der Waals surface area contributed by atoms with Crippen LogP contribution in [-0.4, -0.2) is 5.11 Å². The minimum Gasteiger partial charge on any atom is -0.519 e. The second-order valence-corrected chi connectivity index (χ2v) is 2.98. The molecule has 1 N–H and O–H groups in total. The predicted octanol–water partition coefficient (Wildman–Crippen LogP) is 3.07. The molecule has 0 atom stereocenters. The van der Waals surface area contributed by atoms with Crippen LogP contribution in [0.1, 0.15) is 25.3 Å². The third-order valence-corrected chi connectivity index (χ3v) is 1.79. The van der Waals surface area contributed by atoms with Crippen molar-refractivity contribution in [2.24, 2.45) is 0 Å². The Balaban J connectivity index is 3.25. The van der Waals surface area contributed by atoms with Gasteiger partial charge in [0.25, 0.3) is 0 Å². The normalized spacial score (nSPS) is 9.83. The highest BCUT2D eigenvalue weighted by Crippen LogP contribution is 2.34. The Kier molecular flexibility index (Phi) is 2.35. The van der Waals surface area contributed by atoms with Gasteiger partial charge in [0.1, 0.15) is 5.75 Å². The maximum atomic E-state index is 9.55. The van der Waals surface area contributed by atoms with E-state index in [1.165, 1.54) is 0 Å². The summed E-state index contributed by atoms with van der Waals surface area (Å²) in [6, 6.07) is 5.26. The van der Waals surface area contributed by atoms with Crippen LogP contribution in [0.15, 0.2) is 18.2 Å². The minimum atomic E-state index is 0.127. The van der Waals surface area contributed by atoms with Gasteiger partial charge in [-0.05, 0) is 11.5 Å². The monoisotopic (exact) mass is 161 g/mol. The minimum absolute atomic E-state index is 0.127. The lowest BCUT2D eigenvalue weighted by Gasteiger charge is -2.08. The first-order chi connectivity index (χ1) is 5.66. The molecule has 0 aromatic heterocycles. The molecule has 12 heavy (non-hydrogen) atoms. The Morgan fingerprint density at radius 3 is 2.58 bits per heavy atom. The van der Waals surface area contributed by atoms with Crippen LogP contribution in [0.2, 0.25) is 0 Å². The fraction of sp³-hybridized carbons (Fsp3) is 0.300. The van der Waals surface area contributed by atoms with Gasteiger partial charge in [-0.2, -0.15) is 0 Å². The lowest BCUT2D eigenvalue weighted by atomic mass is 10.0. The van der Waals surface area contributed by atoms with Gasteiger partial charge in [-0.15, -0.1) is 0 Å². The largest absolute Gasteiger partial charge is 0.519 e. The summed E-state index contributed by atoms with van der Waals surface area (Å²) in [4.78, 5) is 3.21. The second kappa shape index (κ2) is 3.27. The predicted molar refractivity (Wildman–Crippen MR) is 48.5 cm³/mol. The SMILES string of the molecule is [C-]#[N+]c1cccc(C(C)C)c1O. The van der Waals surface area contributed by atoms with E-state index >= 15 is 0 Å². The van der Waals surface area contributed by atoms with Crippen LogP contribution in [0.25, 0.3) is 4.85 Å².